The standard InChI is InChI=1S/C6H7N3S/c1-4-6(7)9-5(10-4)2-3-8-9/h2-3H,7H2,1H3. The minimum absolute atomic E-state index is 0.755. The average molecular weight is 153 g/mol. The number of aryl methyl sites for hydroxylation is 1. The van der Waals surface area contributed by atoms with E-state index in [4.69, 9.17) is 5.73 Å². The highest BCUT2D eigenvalue weighted by Crippen LogP contribution is 2.22. The number of hydrogen-bond donors (Lipinski definition) is 1. The van der Waals surface area contributed by atoms with Crippen molar-refractivity contribution >= 4 is 22.0 Å². The Bertz CT molecular complexity index is 360. The van der Waals surface area contributed by atoms with Gasteiger partial charge in [0, 0.05) is 4.88 Å². The summed E-state index contributed by atoms with van der Waals surface area (Å²) in [5.41, 5.74) is 5.69. The second kappa shape index (κ2) is 1.73. The van der Waals surface area contributed by atoms with E-state index < -0.39 is 0 Å². The van der Waals surface area contributed by atoms with Crippen LogP contribution in [-0.4, -0.2) is 9.61 Å². The van der Waals surface area contributed by atoms with Crippen LogP contribution in [-0.2, 0) is 0 Å². The van der Waals surface area contributed by atoms with Crippen LogP contribution in [0.15, 0.2) is 12.3 Å². The average Bonchev–Trinajstić information content (AvgIpc) is 2.41. The Balaban J connectivity index is 2.95. The van der Waals surface area contributed by atoms with Crippen LogP contribution in [0.3, 0.4) is 0 Å². The first-order chi connectivity index (χ1) is 4.79. The van der Waals surface area contributed by atoms with E-state index >= 15 is 0 Å². The molecular formula is C6H7N3S. The van der Waals surface area contributed by atoms with Gasteiger partial charge in [-0.1, -0.05) is 0 Å². The van der Waals surface area contributed by atoms with Crippen molar-refractivity contribution in [3.05, 3.63) is 17.1 Å². The zero-order valence-corrected chi connectivity index (χ0v) is 6.35. The van der Waals surface area contributed by atoms with Crippen LogP contribution in [0.5, 0.6) is 0 Å². The number of hydrogen-bond acceptors (Lipinski definition) is 3. The molecule has 2 heterocycles. The van der Waals surface area contributed by atoms with E-state index in [1.165, 1.54) is 0 Å². The first-order valence-electron chi connectivity index (χ1n) is 2.97. The van der Waals surface area contributed by atoms with E-state index in [1.54, 1.807) is 22.0 Å². The monoisotopic (exact) mass is 153 g/mol. The van der Waals surface area contributed by atoms with E-state index in [1.807, 2.05) is 13.0 Å². The van der Waals surface area contributed by atoms with Crippen molar-refractivity contribution in [2.75, 3.05) is 5.73 Å². The smallest absolute Gasteiger partial charge is 0.139 e. The zero-order valence-electron chi connectivity index (χ0n) is 5.53. The Hall–Kier alpha value is -1.03. The van der Waals surface area contributed by atoms with Crippen LogP contribution in [0.4, 0.5) is 5.82 Å². The van der Waals surface area contributed by atoms with Crippen molar-refractivity contribution in [1.82, 2.24) is 9.61 Å². The summed E-state index contributed by atoms with van der Waals surface area (Å²) in [6, 6.07) is 1.95. The molecule has 0 atom stereocenters. The van der Waals surface area contributed by atoms with Crippen molar-refractivity contribution in [2.24, 2.45) is 0 Å². The Kier molecular flexibility index (Phi) is 0.990. The summed E-state index contributed by atoms with van der Waals surface area (Å²) in [7, 11) is 0. The molecule has 2 aromatic heterocycles. The lowest BCUT2D eigenvalue weighted by atomic mass is 10.6. The zero-order chi connectivity index (χ0) is 7.14. The maximum absolute atomic E-state index is 5.69. The molecule has 0 aliphatic carbocycles. The van der Waals surface area contributed by atoms with Crippen molar-refractivity contribution in [3.63, 3.8) is 0 Å². The van der Waals surface area contributed by atoms with Gasteiger partial charge in [-0.3, -0.25) is 0 Å². The third-order valence-corrected chi connectivity index (χ3v) is 2.49. The van der Waals surface area contributed by atoms with Gasteiger partial charge < -0.3 is 5.73 Å². The Morgan fingerprint density at radius 2 is 2.50 bits per heavy atom. The highest BCUT2D eigenvalue weighted by atomic mass is 32.1. The van der Waals surface area contributed by atoms with Gasteiger partial charge in [-0.25, -0.2) is 4.52 Å². The normalized spacial score (nSPS) is 10.9. The fourth-order valence-corrected chi connectivity index (χ4v) is 1.77. The largest absolute Gasteiger partial charge is 0.383 e. The quantitative estimate of drug-likeness (QED) is 0.619. The van der Waals surface area contributed by atoms with Gasteiger partial charge in [0.15, 0.2) is 0 Å². The SMILES string of the molecule is Cc1sc2ccnn2c1N. The predicted molar refractivity (Wildman–Crippen MR) is 42.2 cm³/mol. The molecule has 0 fully saturated rings. The van der Waals surface area contributed by atoms with Gasteiger partial charge in [-0.05, 0) is 13.0 Å². The third kappa shape index (κ3) is 0.565. The van der Waals surface area contributed by atoms with Crippen molar-refractivity contribution in [1.29, 1.82) is 0 Å². The van der Waals surface area contributed by atoms with Crippen LogP contribution in [0.2, 0.25) is 0 Å². The van der Waals surface area contributed by atoms with E-state index in [-0.39, 0.29) is 0 Å². The molecule has 52 valence electrons. The summed E-state index contributed by atoms with van der Waals surface area (Å²) in [5, 5.41) is 4.04. The van der Waals surface area contributed by atoms with Crippen LogP contribution in [0.1, 0.15) is 4.88 Å². The predicted octanol–water partition coefficient (Wildman–Crippen LogP) is 1.29. The van der Waals surface area contributed by atoms with Gasteiger partial charge in [-0.15, -0.1) is 11.3 Å². The topological polar surface area (TPSA) is 43.3 Å². The van der Waals surface area contributed by atoms with Gasteiger partial charge in [0.05, 0.1) is 6.20 Å². The van der Waals surface area contributed by atoms with Crippen LogP contribution in [0, 0.1) is 6.92 Å². The fourth-order valence-electron chi connectivity index (χ4n) is 0.908. The second-order valence-corrected chi connectivity index (χ2v) is 3.36. The molecule has 0 bridgehead atoms. The van der Waals surface area contributed by atoms with E-state index in [0.29, 0.717) is 0 Å². The van der Waals surface area contributed by atoms with Crippen LogP contribution >= 0.6 is 11.3 Å². The molecule has 0 radical (unpaired) electrons. The van der Waals surface area contributed by atoms with Crippen LogP contribution < -0.4 is 5.73 Å². The minimum atomic E-state index is 0.755. The lowest BCUT2D eigenvalue weighted by Gasteiger charge is -1.86. The first-order valence-corrected chi connectivity index (χ1v) is 3.79. The number of nitrogen functional groups attached to an aromatic ring is 1. The number of aromatic nitrogens is 2. The van der Waals surface area contributed by atoms with Crippen molar-refractivity contribution in [3.8, 4) is 0 Å². The number of anilines is 1. The highest BCUT2D eigenvalue weighted by molar-refractivity contribution is 7.17. The Labute approximate surface area is 62.1 Å². The molecule has 2 rings (SSSR count). The fraction of sp³-hybridized carbons (Fsp3) is 0.167. The molecule has 4 heteroatoms. The number of nitrogens with two attached hydrogens (primary N) is 1. The lowest BCUT2D eigenvalue weighted by molar-refractivity contribution is 0.985. The Morgan fingerprint density at radius 1 is 1.70 bits per heavy atom. The van der Waals surface area contributed by atoms with Gasteiger partial charge in [-0.2, -0.15) is 5.10 Å². The number of thiazole rings is 1. The maximum Gasteiger partial charge on any atom is 0.139 e. The van der Waals surface area contributed by atoms with Gasteiger partial charge in [0.2, 0.25) is 0 Å². The van der Waals surface area contributed by atoms with E-state index in [9.17, 15) is 0 Å². The number of fused-ring (bicyclic) bond motifs is 1. The summed E-state index contributed by atoms with van der Waals surface area (Å²) < 4.78 is 1.75. The molecular weight excluding hydrogens is 146 g/mol. The third-order valence-electron chi connectivity index (χ3n) is 1.45. The molecule has 0 amide bonds. The molecule has 2 N–H and O–H groups in total. The van der Waals surface area contributed by atoms with E-state index in [2.05, 4.69) is 5.10 Å². The summed E-state index contributed by atoms with van der Waals surface area (Å²) in [6.07, 6.45) is 1.75. The van der Waals surface area contributed by atoms with Gasteiger partial charge in [0.1, 0.15) is 10.6 Å². The summed E-state index contributed by atoms with van der Waals surface area (Å²) in [6.45, 7) is 1.99. The van der Waals surface area contributed by atoms with Gasteiger partial charge >= 0.3 is 0 Å². The maximum atomic E-state index is 5.69. The van der Waals surface area contributed by atoms with Crippen molar-refractivity contribution in [2.45, 2.75) is 6.92 Å². The first kappa shape index (κ1) is 5.73. The van der Waals surface area contributed by atoms with Crippen LogP contribution in [0.25, 0.3) is 4.83 Å². The molecule has 0 aliphatic rings. The molecule has 0 saturated carbocycles. The molecule has 0 aliphatic heterocycles. The van der Waals surface area contributed by atoms with Gasteiger partial charge in [0.25, 0.3) is 0 Å². The Morgan fingerprint density at radius 3 is 3.20 bits per heavy atom. The summed E-state index contributed by atoms with van der Waals surface area (Å²) >= 11 is 1.66. The molecule has 0 spiro atoms. The van der Waals surface area contributed by atoms with Crippen molar-refractivity contribution < 1.29 is 0 Å². The number of rotatable bonds is 0. The molecule has 0 saturated heterocycles. The molecule has 0 aromatic carbocycles. The highest BCUT2D eigenvalue weighted by Gasteiger charge is 2.03. The summed E-state index contributed by atoms with van der Waals surface area (Å²) in [4.78, 5) is 2.23. The lowest BCUT2D eigenvalue weighted by Crippen LogP contribution is -1.93. The molecule has 3 nitrogen and oxygen atoms in total. The second-order valence-electron chi connectivity index (χ2n) is 2.12. The summed E-state index contributed by atoms with van der Waals surface area (Å²) in [5.74, 6) is 0.755. The number of nitrogens with zero attached hydrogens (tertiary/aromatic N) is 2. The molecule has 0 unspecified atom stereocenters. The van der Waals surface area contributed by atoms with E-state index in [0.717, 1.165) is 15.5 Å². The molecule has 2 aromatic rings. The minimum Gasteiger partial charge on any atom is -0.383 e. The molecule has 10 heavy (non-hydrogen) atoms.